The Morgan fingerprint density at radius 3 is 2.72 bits per heavy atom. The Morgan fingerprint density at radius 1 is 1.33 bits per heavy atom. The average Bonchev–Trinajstić information content (AvgIpc) is 2.38. The Hall–Kier alpha value is -1.17. The summed E-state index contributed by atoms with van der Waals surface area (Å²) in [5, 5.41) is 0.643. The molecule has 1 heterocycles. The molecule has 1 aromatic heterocycles. The molecule has 4 nitrogen and oxygen atoms in total. The number of benzene rings is 1. The van der Waals surface area contributed by atoms with Gasteiger partial charge in [-0.05, 0) is 17.7 Å². The minimum Gasteiger partial charge on any atom is -0.480 e. The first-order chi connectivity index (χ1) is 8.63. The first-order valence-corrected chi connectivity index (χ1v) is 6.36. The minimum atomic E-state index is -0.430. The molecule has 2 aromatic rings. The van der Waals surface area contributed by atoms with E-state index in [1.165, 1.54) is 7.11 Å². The summed E-state index contributed by atoms with van der Waals surface area (Å²) >= 11 is 9.34. The first-order valence-electron chi connectivity index (χ1n) is 5.19. The summed E-state index contributed by atoms with van der Waals surface area (Å²) in [6, 6.07) is 5.00. The van der Waals surface area contributed by atoms with E-state index in [2.05, 4.69) is 25.9 Å². The fourth-order valence-corrected chi connectivity index (χ4v) is 2.54. The van der Waals surface area contributed by atoms with Crippen molar-refractivity contribution < 1.29 is 4.74 Å². The van der Waals surface area contributed by atoms with Crippen molar-refractivity contribution in [3.63, 3.8) is 0 Å². The fraction of sp³-hybridized carbons (Fsp3) is 0.167. The second kappa shape index (κ2) is 5.65. The first kappa shape index (κ1) is 13.3. The highest BCUT2D eigenvalue weighted by Crippen LogP contribution is 2.31. The lowest BCUT2D eigenvalue weighted by Crippen LogP contribution is -2.16. The van der Waals surface area contributed by atoms with Gasteiger partial charge in [0, 0.05) is 21.9 Å². The van der Waals surface area contributed by atoms with Crippen LogP contribution in [0.25, 0.3) is 0 Å². The van der Waals surface area contributed by atoms with Crippen LogP contribution in [0, 0.1) is 0 Å². The highest BCUT2D eigenvalue weighted by atomic mass is 79.9. The normalized spacial score (nSPS) is 12.2. The van der Waals surface area contributed by atoms with Crippen LogP contribution in [-0.2, 0) is 0 Å². The second-order valence-corrected chi connectivity index (χ2v) is 4.89. The molecule has 0 aliphatic heterocycles. The maximum absolute atomic E-state index is 6.19. The van der Waals surface area contributed by atoms with E-state index >= 15 is 0 Å². The quantitative estimate of drug-likeness (QED) is 0.941. The molecule has 0 aliphatic rings. The van der Waals surface area contributed by atoms with E-state index in [0.717, 1.165) is 10.0 Å². The van der Waals surface area contributed by atoms with Gasteiger partial charge in [0.15, 0.2) is 0 Å². The predicted octanol–water partition coefficient (Wildman–Crippen LogP) is 2.95. The molecule has 0 saturated carbocycles. The van der Waals surface area contributed by atoms with Crippen molar-refractivity contribution in [1.82, 2.24) is 9.97 Å². The van der Waals surface area contributed by atoms with Crippen LogP contribution in [0.15, 0.2) is 35.1 Å². The van der Waals surface area contributed by atoms with Crippen LogP contribution in [0.4, 0.5) is 0 Å². The SMILES string of the molecule is COc1nccnc1C(N)c1ccc(Cl)cc1Br. The largest absolute Gasteiger partial charge is 0.480 e. The van der Waals surface area contributed by atoms with Crippen molar-refractivity contribution in [2.24, 2.45) is 5.73 Å². The third kappa shape index (κ3) is 2.63. The highest BCUT2D eigenvalue weighted by Gasteiger charge is 2.18. The van der Waals surface area contributed by atoms with Crippen LogP contribution in [0.3, 0.4) is 0 Å². The fourth-order valence-electron chi connectivity index (χ4n) is 1.61. The molecule has 94 valence electrons. The lowest BCUT2D eigenvalue weighted by atomic mass is 10.0. The van der Waals surface area contributed by atoms with Crippen LogP contribution in [0.2, 0.25) is 5.02 Å². The number of hydrogen-bond donors (Lipinski definition) is 1. The van der Waals surface area contributed by atoms with Gasteiger partial charge in [-0.2, -0.15) is 0 Å². The van der Waals surface area contributed by atoms with Crippen LogP contribution in [0.1, 0.15) is 17.3 Å². The summed E-state index contributed by atoms with van der Waals surface area (Å²) in [4.78, 5) is 8.31. The van der Waals surface area contributed by atoms with Crippen molar-refractivity contribution in [2.45, 2.75) is 6.04 Å². The molecule has 1 unspecified atom stereocenters. The van der Waals surface area contributed by atoms with Gasteiger partial charge in [0.25, 0.3) is 0 Å². The Bertz CT molecular complexity index is 565. The minimum absolute atomic E-state index is 0.423. The molecule has 0 radical (unpaired) electrons. The monoisotopic (exact) mass is 327 g/mol. The molecule has 0 fully saturated rings. The van der Waals surface area contributed by atoms with Crippen LogP contribution in [0.5, 0.6) is 5.88 Å². The second-order valence-electron chi connectivity index (χ2n) is 3.59. The van der Waals surface area contributed by atoms with Gasteiger partial charge < -0.3 is 10.5 Å². The molecular weight excluding hydrogens is 318 g/mol. The van der Waals surface area contributed by atoms with E-state index in [-0.39, 0.29) is 0 Å². The molecule has 2 N–H and O–H groups in total. The van der Waals surface area contributed by atoms with Crippen LogP contribution in [-0.4, -0.2) is 17.1 Å². The molecule has 6 heteroatoms. The van der Waals surface area contributed by atoms with Gasteiger partial charge in [0.05, 0.1) is 13.2 Å². The smallest absolute Gasteiger partial charge is 0.237 e. The van der Waals surface area contributed by atoms with Gasteiger partial charge in [0.1, 0.15) is 5.69 Å². The third-order valence-corrected chi connectivity index (χ3v) is 3.40. The predicted molar refractivity (Wildman–Crippen MR) is 73.8 cm³/mol. The van der Waals surface area contributed by atoms with Gasteiger partial charge in [0.2, 0.25) is 5.88 Å². The summed E-state index contributed by atoms with van der Waals surface area (Å²) < 4.78 is 5.99. The van der Waals surface area contributed by atoms with E-state index in [0.29, 0.717) is 16.6 Å². The number of rotatable bonds is 3. The molecule has 0 aliphatic carbocycles. The summed E-state index contributed by atoms with van der Waals surface area (Å²) in [7, 11) is 1.54. The Kier molecular flexibility index (Phi) is 4.16. The molecule has 1 aromatic carbocycles. The van der Waals surface area contributed by atoms with Gasteiger partial charge in [-0.25, -0.2) is 4.98 Å². The summed E-state index contributed by atoms with van der Waals surface area (Å²) in [6.45, 7) is 0. The van der Waals surface area contributed by atoms with E-state index < -0.39 is 6.04 Å². The van der Waals surface area contributed by atoms with E-state index in [4.69, 9.17) is 22.1 Å². The summed E-state index contributed by atoms with van der Waals surface area (Å²) in [6.07, 6.45) is 3.15. The van der Waals surface area contributed by atoms with Crippen molar-refractivity contribution in [3.8, 4) is 5.88 Å². The number of nitrogens with two attached hydrogens (primary N) is 1. The zero-order valence-electron chi connectivity index (χ0n) is 9.60. The zero-order valence-corrected chi connectivity index (χ0v) is 11.9. The molecule has 0 bridgehead atoms. The lowest BCUT2D eigenvalue weighted by Gasteiger charge is -2.15. The number of ether oxygens (including phenoxy) is 1. The number of halogens is 2. The average molecular weight is 329 g/mol. The Balaban J connectivity index is 2.44. The zero-order chi connectivity index (χ0) is 13.1. The van der Waals surface area contributed by atoms with Crippen molar-refractivity contribution >= 4 is 27.5 Å². The molecule has 0 spiro atoms. The van der Waals surface area contributed by atoms with Gasteiger partial charge in [-0.3, -0.25) is 4.98 Å². The van der Waals surface area contributed by atoms with Crippen LogP contribution < -0.4 is 10.5 Å². The number of hydrogen-bond acceptors (Lipinski definition) is 4. The van der Waals surface area contributed by atoms with Crippen molar-refractivity contribution in [3.05, 3.63) is 51.3 Å². The van der Waals surface area contributed by atoms with E-state index in [9.17, 15) is 0 Å². The summed E-state index contributed by atoms with van der Waals surface area (Å²) in [5.41, 5.74) is 7.65. The third-order valence-electron chi connectivity index (χ3n) is 2.48. The molecular formula is C12H11BrClN3O. The number of methoxy groups -OCH3 is 1. The Morgan fingerprint density at radius 2 is 2.06 bits per heavy atom. The maximum atomic E-state index is 6.19. The van der Waals surface area contributed by atoms with E-state index in [1.54, 1.807) is 24.5 Å². The molecule has 1 atom stereocenters. The molecule has 2 rings (SSSR count). The summed E-state index contributed by atoms with van der Waals surface area (Å²) in [5.74, 6) is 0.423. The standard InChI is InChI=1S/C12H11BrClN3O/c1-18-12-11(16-4-5-17-12)10(15)8-3-2-7(14)6-9(8)13/h2-6,10H,15H2,1H3. The lowest BCUT2D eigenvalue weighted by molar-refractivity contribution is 0.387. The molecule has 18 heavy (non-hydrogen) atoms. The van der Waals surface area contributed by atoms with Crippen LogP contribution >= 0.6 is 27.5 Å². The van der Waals surface area contributed by atoms with Gasteiger partial charge in [-0.15, -0.1) is 0 Å². The van der Waals surface area contributed by atoms with Crippen molar-refractivity contribution in [2.75, 3.05) is 7.11 Å². The van der Waals surface area contributed by atoms with Gasteiger partial charge >= 0.3 is 0 Å². The number of aromatic nitrogens is 2. The topological polar surface area (TPSA) is 61.0 Å². The number of nitrogens with zero attached hydrogens (tertiary/aromatic N) is 2. The Labute approximate surface area is 118 Å². The van der Waals surface area contributed by atoms with Crippen molar-refractivity contribution in [1.29, 1.82) is 0 Å². The van der Waals surface area contributed by atoms with E-state index in [1.807, 2.05) is 6.07 Å². The maximum Gasteiger partial charge on any atom is 0.237 e. The van der Waals surface area contributed by atoms with Gasteiger partial charge in [-0.1, -0.05) is 33.6 Å². The molecule has 0 amide bonds. The highest BCUT2D eigenvalue weighted by molar-refractivity contribution is 9.10. The molecule has 0 saturated heterocycles.